The summed E-state index contributed by atoms with van der Waals surface area (Å²) in [5.41, 5.74) is 8.72. The van der Waals surface area contributed by atoms with Crippen molar-refractivity contribution < 1.29 is 0 Å². The van der Waals surface area contributed by atoms with Crippen molar-refractivity contribution in [1.29, 1.82) is 0 Å². The summed E-state index contributed by atoms with van der Waals surface area (Å²) in [4.78, 5) is 0. The second kappa shape index (κ2) is 2.60. The van der Waals surface area contributed by atoms with Gasteiger partial charge in [0.25, 0.3) is 0 Å². The van der Waals surface area contributed by atoms with Gasteiger partial charge < -0.3 is 0 Å². The fourth-order valence-electron chi connectivity index (χ4n) is 0.508. The highest BCUT2D eigenvalue weighted by molar-refractivity contribution is 6.30. The lowest BCUT2D eigenvalue weighted by atomic mass is 10.3. The van der Waals surface area contributed by atoms with Gasteiger partial charge in [0.1, 0.15) is 0 Å². The predicted molar refractivity (Wildman–Crippen MR) is 35.7 cm³/mol. The third-order valence-corrected chi connectivity index (χ3v) is 1.19. The maximum absolute atomic E-state index is 8.21. The van der Waals surface area contributed by atoms with E-state index in [-0.39, 0.29) is 0 Å². The van der Waals surface area contributed by atoms with Crippen LogP contribution < -0.4 is 5.53 Å². The molecule has 2 nitrogen and oxygen atoms in total. The summed E-state index contributed by atoms with van der Waals surface area (Å²) in [5.74, 6) is 0. The van der Waals surface area contributed by atoms with Crippen molar-refractivity contribution in [1.82, 2.24) is 5.53 Å². The first-order chi connectivity index (χ1) is 4.33. The molecule has 0 bridgehead atoms. The van der Waals surface area contributed by atoms with Crippen LogP contribution in [0.5, 0.6) is 0 Å². The lowest BCUT2D eigenvalue weighted by Crippen LogP contribution is -1.62. The van der Waals surface area contributed by atoms with Gasteiger partial charge in [-0.3, -0.25) is 0 Å². The van der Waals surface area contributed by atoms with Crippen LogP contribution in [0.15, 0.2) is 29.4 Å². The van der Waals surface area contributed by atoms with E-state index in [4.69, 9.17) is 17.1 Å². The molecule has 1 rings (SSSR count). The fraction of sp³-hybridized carbons (Fsp3) is 0. The first-order valence-electron chi connectivity index (χ1n) is 2.43. The molecule has 0 atom stereocenters. The highest BCUT2D eigenvalue weighted by Crippen LogP contribution is 2.14. The van der Waals surface area contributed by atoms with E-state index in [2.05, 4.69) is 5.11 Å². The average molecular weight is 140 g/mol. The van der Waals surface area contributed by atoms with Crippen LogP contribution in [0.4, 0.5) is 5.69 Å². The Balaban J connectivity index is 3.01. The highest BCUT2D eigenvalue weighted by atomic mass is 35.5. The molecule has 9 heavy (non-hydrogen) atoms. The van der Waals surface area contributed by atoms with Gasteiger partial charge in [0.15, 0.2) is 0 Å². The van der Waals surface area contributed by atoms with Gasteiger partial charge in [0.2, 0.25) is 0 Å². The first-order valence-corrected chi connectivity index (χ1v) is 2.81. The van der Waals surface area contributed by atoms with E-state index in [9.17, 15) is 0 Å². The molecule has 0 spiro atoms. The van der Waals surface area contributed by atoms with Gasteiger partial charge in [-0.1, -0.05) is 11.6 Å². The Kier molecular flexibility index (Phi) is 1.80. The topological polar surface area (TPSA) is 34.7 Å². The summed E-state index contributed by atoms with van der Waals surface area (Å²) in [6, 6.07) is 6.58. The first kappa shape index (κ1) is 6.23. The molecular weight excluding hydrogens is 136 g/mol. The molecule has 1 aromatic rings. The zero-order valence-corrected chi connectivity index (χ0v) is 5.34. The van der Waals surface area contributed by atoms with Crippen LogP contribution in [0.3, 0.4) is 0 Å². The van der Waals surface area contributed by atoms with Crippen molar-refractivity contribution in [3.8, 4) is 0 Å². The molecule has 0 aliphatic rings. The minimum absolute atomic E-state index is 0.513. The van der Waals surface area contributed by atoms with Gasteiger partial charge in [-0.2, -0.15) is 0 Å². The zero-order chi connectivity index (χ0) is 6.69. The van der Waals surface area contributed by atoms with Crippen LogP contribution in [0, 0.1) is 0 Å². The Morgan fingerprint density at radius 3 is 2.22 bits per heavy atom. The number of hydrogen-bond donors (Lipinski definition) is 0. The van der Waals surface area contributed by atoms with Gasteiger partial charge in [0, 0.05) is 5.02 Å². The molecule has 45 valence electrons. The SMILES string of the molecule is [N]=Nc1ccc(Cl)cc1. The quantitative estimate of drug-likeness (QED) is 0.535. The molecule has 0 saturated carbocycles. The normalized spacial score (nSPS) is 9.00. The Labute approximate surface area is 58.0 Å². The number of benzene rings is 1. The van der Waals surface area contributed by atoms with E-state index < -0.39 is 0 Å². The third-order valence-electron chi connectivity index (χ3n) is 0.942. The summed E-state index contributed by atoms with van der Waals surface area (Å²) in [6.07, 6.45) is 0. The minimum Gasteiger partial charge on any atom is -0.129 e. The third kappa shape index (κ3) is 1.50. The summed E-state index contributed by atoms with van der Waals surface area (Å²) in [6.45, 7) is 0. The molecule has 0 N–H and O–H groups in total. The molecule has 0 aliphatic heterocycles. The lowest BCUT2D eigenvalue weighted by molar-refractivity contribution is 1.30. The van der Waals surface area contributed by atoms with E-state index in [1.165, 1.54) is 0 Å². The highest BCUT2D eigenvalue weighted by Gasteiger charge is 1.86. The Hall–Kier alpha value is -0.890. The van der Waals surface area contributed by atoms with Crippen LogP contribution >= 0.6 is 11.6 Å². The van der Waals surface area contributed by atoms with E-state index in [1.54, 1.807) is 24.3 Å². The van der Waals surface area contributed by atoms with Gasteiger partial charge in [0.05, 0.1) is 5.69 Å². The van der Waals surface area contributed by atoms with Crippen molar-refractivity contribution in [3.63, 3.8) is 0 Å². The largest absolute Gasteiger partial charge is 0.129 e. The summed E-state index contributed by atoms with van der Waals surface area (Å²) in [5, 5.41) is 3.59. The minimum atomic E-state index is 0.513. The molecule has 0 saturated heterocycles. The van der Waals surface area contributed by atoms with Crippen molar-refractivity contribution in [3.05, 3.63) is 29.3 Å². The molecule has 0 unspecified atom stereocenters. The molecular formula is C6H4ClN2. The van der Waals surface area contributed by atoms with E-state index in [0.717, 1.165) is 0 Å². The monoisotopic (exact) mass is 139 g/mol. The zero-order valence-electron chi connectivity index (χ0n) is 4.58. The molecule has 0 aromatic heterocycles. The maximum Gasteiger partial charge on any atom is 0.0876 e. The van der Waals surface area contributed by atoms with Crippen LogP contribution in [0.2, 0.25) is 5.02 Å². The van der Waals surface area contributed by atoms with Crippen LogP contribution in [0.1, 0.15) is 0 Å². The van der Waals surface area contributed by atoms with Gasteiger partial charge in [-0.15, -0.1) is 5.11 Å². The van der Waals surface area contributed by atoms with E-state index >= 15 is 0 Å². The van der Waals surface area contributed by atoms with Crippen molar-refractivity contribution in [2.45, 2.75) is 0 Å². The number of hydrogen-bond acceptors (Lipinski definition) is 1. The average Bonchev–Trinajstić information content (AvgIpc) is 1.90. The molecule has 0 heterocycles. The van der Waals surface area contributed by atoms with Crippen molar-refractivity contribution in [2.24, 2.45) is 5.11 Å². The number of rotatable bonds is 1. The van der Waals surface area contributed by atoms with E-state index in [0.29, 0.717) is 10.7 Å². The summed E-state index contributed by atoms with van der Waals surface area (Å²) in [7, 11) is 0. The number of nitrogens with zero attached hydrogens (tertiary/aromatic N) is 2. The molecule has 1 radical (unpaired) electrons. The van der Waals surface area contributed by atoms with Crippen LogP contribution in [0.25, 0.3) is 0 Å². The lowest BCUT2D eigenvalue weighted by Gasteiger charge is -1.87. The standard InChI is InChI=1S/C6H4ClN2/c7-5-1-3-6(9-8)4-2-5/h1-4H. The Bertz CT molecular complexity index is 205. The van der Waals surface area contributed by atoms with Crippen molar-refractivity contribution in [2.75, 3.05) is 0 Å². The summed E-state index contributed by atoms with van der Waals surface area (Å²) < 4.78 is 0. The maximum atomic E-state index is 8.21. The van der Waals surface area contributed by atoms with Crippen LogP contribution in [-0.2, 0) is 0 Å². The van der Waals surface area contributed by atoms with Gasteiger partial charge in [-0.05, 0) is 29.8 Å². The van der Waals surface area contributed by atoms with Gasteiger partial charge >= 0.3 is 0 Å². The molecule has 0 aliphatic carbocycles. The predicted octanol–water partition coefficient (Wildman–Crippen LogP) is 2.22. The van der Waals surface area contributed by atoms with Crippen LogP contribution in [-0.4, -0.2) is 0 Å². The molecule has 1 aromatic carbocycles. The Morgan fingerprint density at radius 1 is 1.22 bits per heavy atom. The summed E-state index contributed by atoms with van der Waals surface area (Å²) >= 11 is 5.55. The smallest absolute Gasteiger partial charge is 0.0876 e. The number of halogens is 1. The second-order valence-electron chi connectivity index (χ2n) is 1.58. The van der Waals surface area contributed by atoms with Gasteiger partial charge in [-0.25, -0.2) is 0 Å². The molecule has 3 heteroatoms. The van der Waals surface area contributed by atoms with Crippen molar-refractivity contribution >= 4 is 17.3 Å². The fourth-order valence-corrected chi connectivity index (χ4v) is 0.634. The molecule has 0 amide bonds. The molecule has 0 fully saturated rings. The second-order valence-corrected chi connectivity index (χ2v) is 2.01. The Morgan fingerprint density at radius 2 is 1.78 bits per heavy atom. The van der Waals surface area contributed by atoms with E-state index in [1.807, 2.05) is 0 Å².